The van der Waals surface area contributed by atoms with E-state index >= 15 is 0 Å². The van der Waals surface area contributed by atoms with Gasteiger partial charge in [0.1, 0.15) is 20.1 Å². The van der Waals surface area contributed by atoms with E-state index in [0.717, 1.165) is 0 Å². The smallest absolute Gasteiger partial charge is 0.362 e. The van der Waals surface area contributed by atoms with Crippen LogP contribution in [0, 0.1) is 0 Å². The molecule has 0 aromatic heterocycles. The predicted molar refractivity (Wildman–Crippen MR) is 83.3 cm³/mol. The van der Waals surface area contributed by atoms with Gasteiger partial charge in [-0.3, -0.25) is 9.09 Å². The molecule has 10 heteroatoms. The van der Waals surface area contributed by atoms with E-state index in [-0.39, 0.29) is 19.3 Å². The number of ether oxygens (including phenoxy) is 1. The average molecular weight is 358 g/mol. The van der Waals surface area contributed by atoms with Crippen molar-refractivity contribution in [1.29, 1.82) is 0 Å². The first-order valence-corrected chi connectivity index (χ1v) is 9.45. The lowest BCUT2D eigenvalue weighted by Crippen LogP contribution is -2.39. The predicted octanol–water partition coefficient (Wildman–Crippen LogP) is 1.22. The second-order valence-corrected chi connectivity index (χ2v) is 8.11. The van der Waals surface area contributed by atoms with Gasteiger partial charge in [-0.05, 0) is 12.8 Å². The molecule has 0 radical (unpaired) electrons. The molecule has 0 aliphatic carbocycles. The van der Waals surface area contributed by atoms with E-state index in [1.54, 1.807) is 0 Å². The zero-order chi connectivity index (χ0) is 18.1. The van der Waals surface area contributed by atoms with Crippen molar-refractivity contribution < 1.29 is 37.7 Å². The van der Waals surface area contributed by atoms with Crippen molar-refractivity contribution in [3.05, 3.63) is 0 Å². The summed E-state index contributed by atoms with van der Waals surface area (Å²) in [5.74, 6) is -2.63. The van der Waals surface area contributed by atoms with Gasteiger partial charge in [-0.2, -0.15) is 0 Å². The highest BCUT2D eigenvalue weighted by molar-refractivity contribution is 7.54. The first-order valence-electron chi connectivity index (χ1n) is 7.87. The molecule has 1 rings (SSSR count). The Morgan fingerprint density at radius 3 is 2.17 bits per heavy atom. The van der Waals surface area contributed by atoms with Crippen LogP contribution in [0.3, 0.4) is 0 Å². The van der Waals surface area contributed by atoms with Gasteiger partial charge in [0.15, 0.2) is 5.34 Å². The summed E-state index contributed by atoms with van der Waals surface area (Å²) in [6, 6.07) is -0.903. The molecule has 1 heterocycles. The fourth-order valence-electron chi connectivity index (χ4n) is 2.59. The Balaban J connectivity index is 2.92. The molecular weight excluding hydrogens is 332 g/mol. The standard InChI is InChI=1S/C13H26BF2O6P/c1-4-12(16,7-8-10(17)9(15)11(14)21-8)22-23(19,20)13(18,5-2)6-3/h8-11,17-18H,4-7,14H2,1-3H3,(H,19,20)/t8-,9-,10-,11-,12?/m1/s1. The minimum atomic E-state index is -4.71. The van der Waals surface area contributed by atoms with Gasteiger partial charge in [-0.1, -0.05) is 20.8 Å². The number of alkyl halides is 2. The van der Waals surface area contributed by atoms with Crippen molar-refractivity contribution in [2.24, 2.45) is 0 Å². The van der Waals surface area contributed by atoms with Crippen LogP contribution in [0.2, 0.25) is 0 Å². The molecule has 3 N–H and O–H groups in total. The van der Waals surface area contributed by atoms with Crippen LogP contribution in [0.15, 0.2) is 0 Å². The van der Waals surface area contributed by atoms with E-state index in [1.165, 1.54) is 28.6 Å². The monoisotopic (exact) mass is 358 g/mol. The van der Waals surface area contributed by atoms with Crippen molar-refractivity contribution >= 4 is 15.4 Å². The number of hydrogen-bond donors (Lipinski definition) is 3. The summed E-state index contributed by atoms with van der Waals surface area (Å²) < 4.78 is 50.8. The summed E-state index contributed by atoms with van der Waals surface area (Å²) in [7, 11) is -3.30. The van der Waals surface area contributed by atoms with E-state index in [9.17, 15) is 28.5 Å². The summed E-state index contributed by atoms with van der Waals surface area (Å²) in [5, 5.41) is 17.8. The second kappa shape index (κ2) is 7.46. The Morgan fingerprint density at radius 1 is 1.30 bits per heavy atom. The molecule has 23 heavy (non-hydrogen) atoms. The van der Waals surface area contributed by atoms with Gasteiger partial charge in [0.05, 0.1) is 12.1 Å². The van der Waals surface area contributed by atoms with E-state index in [0.29, 0.717) is 0 Å². The SMILES string of the molecule is B[C@@H]1O[C@H](CC(F)(CC)OP(=O)(O)C(O)(CC)CC)[C@@H](O)[C@H]1F. The lowest BCUT2D eigenvalue weighted by molar-refractivity contribution is -0.125. The number of halogens is 2. The molecule has 1 saturated heterocycles. The lowest BCUT2D eigenvalue weighted by Gasteiger charge is -2.36. The Labute approximate surface area is 136 Å². The zero-order valence-electron chi connectivity index (χ0n) is 13.9. The van der Waals surface area contributed by atoms with Crippen LogP contribution in [0.1, 0.15) is 46.5 Å². The molecule has 0 amide bonds. The molecule has 6 atom stereocenters. The minimum Gasteiger partial charge on any atom is -0.387 e. The number of aliphatic hydroxyl groups excluding tert-OH is 1. The Kier molecular flexibility index (Phi) is 6.81. The van der Waals surface area contributed by atoms with Crippen molar-refractivity contribution in [2.45, 2.75) is 82.0 Å². The summed E-state index contributed by atoms with van der Waals surface area (Å²) in [6.45, 7) is 4.36. The third kappa shape index (κ3) is 4.33. The summed E-state index contributed by atoms with van der Waals surface area (Å²) in [4.78, 5) is 10.0. The van der Waals surface area contributed by atoms with E-state index in [4.69, 9.17) is 9.26 Å². The summed E-state index contributed by atoms with van der Waals surface area (Å²) >= 11 is 0. The van der Waals surface area contributed by atoms with Crippen LogP contribution in [-0.4, -0.2) is 58.5 Å². The van der Waals surface area contributed by atoms with E-state index in [1.807, 2.05) is 0 Å². The van der Waals surface area contributed by atoms with E-state index in [2.05, 4.69) is 0 Å². The maximum Gasteiger partial charge on any atom is 0.362 e. The molecule has 1 fully saturated rings. The Morgan fingerprint density at radius 2 is 1.83 bits per heavy atom. The van der Waals surface area contributed by atoms with Gasteiger partial charge in [0, 0.05) is 12.8 Å². The topological polar surface area (TPSA) is 96.2 Å². The number of hydrogen-bond acceptors (Lipinski definition) is 5. The third-order valence-electron chi connectivity index (χ3n) is 4.52. The van der Waals surface area contributed by atoms with E-state index < -0.39 is 49.6 Å². The molecule has 1 aliphatic rings. The zero-order valence-corrected chi connectivity index (χ0v) is 14.8. The quantitative estimate of drug-likeness (QED) is 0.446. The molecule has 1 aliphatic heterocycles. The van der Waals surface area contributed by atoms with Crippen LogP contribution in [0.4, 0.5) is 8.78 Å². The molecule has 0 spiro atoms. The van der Waals surface area contributed by atoms with Crippen molar-refractivity contribution in [3.8, 4) is 0 Å². The molecule has 136 valence electrons. The van der Waals surface area contributed by atoms with Crippen LogP contribution in [-0.2, 0) is 13.8 Å². The molecule has 0 bridgehead atoms. The van der Waals surface area contributed by atoms with Crippen LogP contribution >= 0.6 is 7.60 Å². The number of rotatable bonds is 8. The number of aliphatic hydroxyl groups is 2. The highest BCUT2D eigenvalue weighted by Crippen LogP contribution is 2.60. The molecule has 0 saturated carbocycles. The van der Waals surface area contributed by atoms with Crippen molar-refractivity contribution in [1.82, 2.24) is 0 Å². The molecule has 0 aromatic carbocycles. The van der Waals surface area contributed by atoms with Gasteiger partial charge in [0.25, 0.3) is 0 Å². The molecule has 6 nitrogen and oxygen atoms in total. The normalized spacial score (nSPS) is 34.1. The molecular formula is C13H26BF2O6P. The Hall–Kier alpha value is -0.0451. The van der Waals surface area contributed by atoms with Crippen molar-refractivity contribution in [2.75, 3.05) is 0 Å². The fourth-order valence-corrected chi connectivity index (χ4v) is 4.20. The van der Waals surface area contributed by atoms with Gasteiger partial charge >= 0.3 is 7.60 Å². The van der Waals surface area contributed by atoms with Crippen LogP contribution < -0.4 is 0 Å². The third-order valence-corrected chi connectivity index (χ3v) is 6.78. The largest absolute Gasteiger partial charge is 0.387 e. The van der Waals surface area contributed by atoms with Gasteiger partial charge in [-0.15, -0.1) is 0 Å². The van der Waals surface area contributed by atoms with Crippen LogP contribution in [0.5, 0.6) is 0 Å². The van der Waals surface area contributed by atoms with Gasteiger partial charge in [-0.25, -0.2) is 8.78 Å². The van der Waals surface area contributed by atoms with Crippen LogP contribution in [0.25, 0.3) is 0 Å². The Bertz CT molecular complexity index is 452. The lowest BCUT2D eigenvalue weighted by atomic mass is 9.93. The maximum absolute atomic E-state index is 14.9. The highest BCUT2D eigenvalue weighted by atomic mass is 31.2. The first kappa shape index (κ1) is 21.0. The summed E-state index contributed by atoms with van der Waals surface area (Å²) in [5.41, 5.74) is 0. The average Bonchev–Trinajstić information content (AvgIpc) is 2.72. The minimum absolute atomic E-state index is 0.0940. The fraction of sp³-hybridized carbons (Fsp3) is 1.00. The van der Waals surface area contributed by atoms with Crippen molar-refractivity contribution in [3.63, 3.8) is 0 Å². The summed E-state index contributed by atoms with van der Waals surface area (Å²) in [6.07, 6.45) is -5.51. The highest BCUT2D eigenvalue weighted by Gasteiger charge is 2.52. The first-order chi connectivity index (χ1) is 10.4. The second-order valence-electron chi connectivity index (χ2n) is 6.06. The molecule has 0 aromatic rings. The molecule has 2 unspecified atom stereocenters. The van der Waals surface area contributed by atoms with Gasteiger partial charge < -0.3 is 19.8 Å². The maximum atomic E-state index is 14.9. The van der Waals surface area contributed by atoms with Gasteiger partial charge in [0.2, 0.25) is 5.85 Å².